The summed E-state index contributed by atoms with van der Waals surface area (Å²) in [6.45, 7) is 10.5. The molecule has 0 aromatic carbocycles. The zero-order valence-electron chi connectivity index (χ0n) is 13.0. The van der Waals surface area contributed by atoms with Gasteiger partial charge in [-0.1, -0.05) is 6.92 Å². The number of rotatable bonds is 2. The predicted octanol–water partition coefficient (Wildman–Crippen LogP) is 2.01. The van der Waals surface area contributed by atoms with Gasteiger partial charge < -0.3 is 15.0 Å². The lowest BCUT2D eigenvalue weighted by Gasteiger charge is -2.32. The fourth-order valence-electron chi connectivity index (χ4n) is 2.57. The van der Waals surface area contributed by atoms with Crippen LogP contribution in [0.4, 0.5) is 5.69 Å². The Kier molecular flexibility index (Phi) is 2.77. The molecule has 1 aromatic heterocycles. The van der Waals surface area contributed by atoms with Crippen molar-refractivity contribution in [2.24, 2.45) is 0 Å². The summed E-state index contributed by atoms with van der Waals surface area (Å²) >= 11 is 0. The van der Waals surface area contributed by atoms with E-state index in [1.165, 1.54) is 18.4 Å². The van der Waals surface area contributed by atoms with Gasteiger partial charge in [0.15, 0.2) is 0 Å². The standard InChI is InChI=1S/C15H23BN2O2/c1-13(2)14(3,4)20-16(19-13)12-11(15(5)6-7-15)8-10(17)9-18-12/h8-9H,6-7,17H2,1-5H3. The van der Waals surface area contributed by atoms with Crippen molar-refractivity contribution >= 4 is 18.4 Å². The molecule has 1 aliphatic carbocycles. The second-order valence-electron chi connectivity index (χ2n) is 7.35. The number of hydrogen-bond donors (Lipinski definition) is 1. The van der Waals surface area contributed by atoms with Crippen molar-refractivity contribution in [1.29, 1.82) is 0 Å². The van der Waals surface area contributed by atoms with Gasteiger partial charge in [0.1, 0.15) is 0 Å². The molecule has 5 heteroatoms. The minimum absolute atomic E-state index is 0.182. The summed E-state index contributed by atoms with van der Waals surface area (Å²) in [6.07, 6.45) is 4.03. The number of aromatic nitrogens is 1. The van der Waals surface area contributed by atoms with Crippen LogP contribution >= 0.6 is 0 Å². The highest BCUT2D eigenvalue weighted by molar-refractivity contribution is 6.61. The highest BCUT2D eigenvalue weighted by Gasteiger charge is 2.54. The lowest BCUT2D eigenvalue weighted by molar-refractivity contribution is 0.00578. The zero-order valence-corrected chi connectivity index (χ0v) is 13.0. The minimum Gasteiger partial charge on any atom is -0.398 e. The van der Waals surface area contributed by atoms with E-state index < -0.39 is 7.12 Å². The van der Waals surface area contributed by atoms with Crippen LogP contribution in [0.25, 0.3) is 0 Å². The fourth-order valence-corrected chi connectivity index (χ4v) is 2.57. The van der Waals surface area contributed by atoms with Crippen LogP contribution in [0.1, 0.15) is 53.0 Å². The molecule has 1 aliphatic heterocycles. The van der Waals surface area contributed by atoms with E-state index in [1.54, 1.807) is 6.20 Å². The summed E-state index contributed by atoms with van der Waals surface area (Å²) in [6, 6.07) is 2.03. The van der Waals surface area contributed by atoms with E-state index in [-0.39, 0.29) is 16.6 Å². The van der Waals surface area contributed by atoms with Crippen LogP contribution in [0.5, 0.6) is 0 Å². The highest BCUT2D eigenvalue weighted by Crippen LogP contribution is 2.47. The predicted molar refractivity (Wildman–Crippen MR) is 81.0 cm³/mol. The first-order valence-corrected chi connectivity index (χ1v) is 7.26. The van der Waals surface area contributed by atoms with Gasteiger partial charge in [0.25, 0.3) is 0 Å². The van der Waals surface area contributed by atoms with Gasteiger partial charge in [0.05, 0.1) is 22.5 Å². The van der Waals surface area contributed by atoms with Crippen molar-refractivity contribution in [2.75, 3.05) is 5.73 Å². The van der Waals surface area contributed by atoms with Crippen molar-refractivity contribution in [2.45, 2.75) is 64.1 Å². The quantitative estimate of drug-likeness (QED) is 0.838. The largest absolute Gasteiger partial charge is 0.514 e. The SMILES string of the molecule is CC1(c2cc(N)cnc2B2OC(C)(C)C(C)(C)O2)CC1. The minimum atomic E-state index is -0.409. The molecule has 2 N–H and O–H groups in total. The molecular formula is C15H23BN2O2. The Labute approximate surface area is 121 Å². The molecule has 2 fully saturated rings. The van der Waals surface area contributed by atoms with Crippen LogP contribution in [0.3, 0.4) is 0 Å². The maximum absolute atomic E-state index is 6.13. The molecule has 0 atom stereocenters. The molecule has 0 radical (unpaired) electrons. The van der Waals surface area contributed by atoms with Crippen molar-refractivity contribution in [3.63, 3.8) is 0 Å². The van der Waals surface area contributed by atoms with Crippen LogP contribution in [0.15, 0.2) is 12.3 Å². The molecule has 20 heavy (non-hydrogen) atoms. The lowest BCUT2D eigenvalue weighted by atomic mass is 9.76. The Balaban J connectivity index is 2.00. The van der Waals surface area contributed by atoms with Gasteiger partial charge in [-0.2, -0.15) is 0 Å². The first-order chi connectivity index (χ1) is 9.15. The van der Waals surface area contributed by atoms with Crippen molar-refractivity contribution in [3.8, 4) is 0 Å². The van der Waals surface area contributed by atoms with Gasteiger partial charge in [0, 0.05) is 6.20 Å². The molecule has 0 spiro atoms. The van der Waals surface area contributed by atoms with Crippen molar-refractivity contribution in [3.05, 3.63) is 17.8 Å². The molecule has 0 amide bonds. The van der Waals surface area contributed by atoms with E-state index in [4.69, 9.17) is 15.0 Å². The summed E-state index contributed by atoms with van der Waals surface area (Å²) in [7, 11) is -0.409. The van der Waals surface area contributed by atoms with E-state index in [2.05, 4.69) is 39.6 Å². The number of nitrogen functional groups attached to an aromatic ring is 1. The molecule has 0 bridgehead atoms. The topological polar surface area (TPSA) is 57.4 Å². The van der Waals surface area contributed by atoms with Gasteiger partial charge in [-0.25, -0.2) is 0 Å². The van der Waals surface area contributed by atoms with Crippen LogP contribution in [0.2, 0.25) is 0 Å². The molecule has 1 aromatic rings. The van der Waals surface area contributed by atoms with Crippen LogP contribution in [-0.2, 0) is 14.7 Å². The summed E-state index contributed by atoms with van der Waals surface area (Å²) in [5.41, 5.74) is 8.17. The fraction of sp³-hybridized carbons (Fsp3) is 0.667. The van der Waals surface area contributed by atoms with E-state index in [9.17, 15) is 0 Å². The smallest absolute Gasteiger partial charge is 0.398 e. The molecule has 4 nitrogen and oxygen atoms in total. The van der Waals surface area contributed by atoms with Gasteiger partial charge in [-0.05, 0) is 57.6 Å². The average Bonchev–Trinajstić information content (AvgIpc) is 3.02. The Morgan fingerprint density at radius 3 is 2.15 bits per heavy atom. The number of hydrogen-bond acceptors (Lipinski definition) is 4. The van der Waals surface area contributed by atoms with Gasteiger partial charge >= 0.3 is 7.12 Å². The third kappa shape index (κ3) is 2.04. The van der Waals surface area contributed by atoms with E-state index in [0.717, 1.165) is 5.59 Å². The number of anilines is 1. The van der Waals surface area contributed by atoms with E-state index >= 15 is 0 Å². The second-order valence-corrected chi connectivity index (χ2v) is 7.35. The monoisotopic (exact) mass is 274 g/mol. The zero-order chi connectivity index (χ0) is 14.8. The lowest BCUT2D eigenvalue weighted by Crippen LogP contribution is -2.41. The first-order valence-electron chi connectivity index (χ1n) is 7.26. The Morgan fingerprint density at radius 2 is 1.65 bits per heavy atom. The second kappa shape index (κ2) is 3.98. The summed E-state index contributed by atoms with van der Waals surface area (Å²) in [4.78, 5) is 4.52. The molecule has 1 saturated carbocycles. The maximum atomic E-state index is 6.13. The molecule has 0 unspecified atom stereocenters. The third-order valence-corrected chi connectivity index (χ3v) is 5.07. The highest BCUT2D eigenvalue weighted by atomic mass is 16.7. The Bertz CT molecular complexity index is 537. The van der Waals surface area contributed by atoms with Gasteiger partial charge in [-0.15, -0.1) is 0 Å². The summed E-state index contributed by atoms with van der Waals surface area (Å²) in [5.74, 6) is 0. The summed E-state index contributed by atoms with van der Waals surface area (Å²) in [5, 5.41) is 0. The molecular weight excluding hydrogens is 251 g/mol. The number of nitrogens with zero attached hydrogens (tertiary/aromatic N) is 1. The normalized spacial score (nSPS) is 25.8. The third-order valence-electron chi connectivity index (χ3n) is 5.07. The molecule has 3 rings (SSSR count). The van der Waals surface area contributed by atoms with Crippen molar-refractivity contribution in [1.82, 2.24) is 4.98 Å². The van der Waals surface area contributed by atoms with Gasteiger partial charge in [-0.3, -0.25) is 4.98 Å². The maximum Gasteiger partial charge on any atom is 0.514 e. The molecule has 2 aliphatic rings. The Hall–Kier alpha value is -1.07. The molecule has 1 saturated heterocycles. The molecule has 108 valence electrons. The van der Waals surface area contributed by atoms with Gasteiger partial charge in [0.2, 0.25) is 0 Å². The average molecular weight is 274 g/mol. The van der Waals surface area contributed by atoms with Crippen LogP contribution in [-0.4, -0.2) is 23.3 Å². The number of nitrogens with two attached hydrogens (primary N) is 1. The number of pyridine rings is 1. The summed E-state index contributed by atoms with van der Waals surface area (Å²) < 4.78 is 12.3. The molecule has 2 heterocycles. The first kappa shape index (κ1) is 13.9. The Morgan fingerprint density at radius 1 is 1.10 bits per heavy atom. The van der Waals surface area contributed by atoms with E-state index in [1.807, 2.05) is 6.07 Å². The van der Waals surface area contributed by atoms with E-state index in [0.29, 0.717) is 5.69 Å². The van der Waals surface area contributed by atoms with Crippen LogP contribution in [0, 0.1) is 0 Å². The van der Waals surface area contributed by atoms with Crippen LogP contribution < -0.4 is 11.3 Å². The van der Waals surface area contributed by atoms with Crippen molar-refractivity contribution < 1.29 is 9.31 Å².